The van der Waals surface area contributed by atoms with Crippen LogP contribution in [-0.2, 0) is 11.3 Å². The molecule has 0 spiro atoms. The molecule has 2 aromatic heterocycles. The average Bonchev–Trinajstić information content (AvgIpc) is 3.32. The summed E-state index contributed by atoms with van der Waals surface area (Å²) in [6, 6.07) is 13.1. The molecule has 0 unspecified atom stereocenters. The Labute approximate surface area is 154 Å². The van der Waals surface area contributed by atoms with E-state index in [2.05, 4.69) is 20.8 Å². The van der Waals surface area contributed by atoms with Crippen LogP contribution in [0.15, 0.2) is 53.2 Å². The second-order valence-electron chi connectivity index (χ2n) is 6.05. The zero-order valence-electron chi connectivity index (χ0n) is 14.8. The number of anilines is 1. The summed E-state index contributed by atoms with van der Waals surface area (Å²) in [5.41, 5.74) is 3.66. The summed E-state index contributed by atoms with van der Waals surface area (Å²) in [5.74, 6) is -0.0968. The lowest BCUT2D eigenvalue weighted by Crippen LogP contribution is -2.14. The van der Waals surface area contributed by atoms with Crippen LogP contribution in [0.1, 0.15) is 21.7 Å². The molecule has 4 aromatic rings. The summed E-state index contributed by atoms with van der Waals surface area (Å²) < 4.78 is 12.6. The van der Waals surface area contributed by atoms with Gasteiger partial charge in [0.25, 0.3) is 5.91 Å². The third kappa shape index (κ3) is 3.18. The zero-order chi connectivity index (χ0) is 18.8. The molecule has 1 amide bonds. The Hall–Kier alpha value is -3.52. The van der Waals surface area contributed by atoms with Crippen molar-refractivity contribution in [2.45, 2.75) is 13.5 Å². The average molecular weight is 363 g/mol. The molecule has 0 aliphatic carbocycles. The number of carbonyl (C=O) groups excluding carboxylic acids is 1. The van der Waals surface area contributed by atoms with Crippen LogP contribution in [0.3, 0.4) is 0 Å². The van der Waals surface area contributed by atoms with Crippen molar-refractivity contribution in [3.8, 4) is 5.69 Å². The number of nitrogens with one attached hydrogen (secondary N) is 1. The van der Waals surface area contributed by atoms with Crippen LogP contribution in [-0.4, -0.2) is 33.2 Å². The molecule has 2 aromatic carbocycles. The normalized spacial score (nSPS) is 11.0. The van der Waals surface area contributed by atoms with Gasteiger partial charge in [0.2, 0.25) is 0 Å². The van der Waals surface area contributed by atoms with Gasteiger partial charge in [-0.05, 0) is 41.1 Å². The topological polar surface area (TPSA) is 95.1 Å². The van der Waals surface area contributed by atoms with Gasteiger partial charge in [0.15, 0.2) is 5.76 Å². The molecule has 0 saturated heterocycles. The SMILES string of the molecule is COCc1c(C(=O)Nc2cc(-n3cnnn3)ccc2C)oc2ccccc12. The number of tetrazole rings is 1. The van der Waals surface area contributed by atoms with E-state index in [1.807, 2.05) is 49.4 Å². The number of hydrogen-bond acceptors (Lipinski definition) is 6. The lowest BCUT2D eigenvalue weighted by atomic mass is 10.1. The van der Waals surface area contributed by atoms with Gasteiger partial charge in [0, 0.05) is 23.7 Å². The van der Waals surface area contributed by atoms with Gasteiger partial charge in [-0.2, -0.15) is 0 Å². The number of methoxy groups -OCH3 is 1. The van der Waals surface area contributed by atoms with Crippen molar-refractivity contribution in [1.29, 1.82) is 0 Å². The van der Waals surface area contributed by atoms with Crippen LogP contribution >= 0.6 is 0 Å². The number of nitrogens with zero attached hydrogens (tertiary/aromatic N) is 4. The third-order valence-electron chi connectivity index (χ3n) is 4.28. The Balaban J connectivity index is 1.70. The van der Waals surface area contributed by atoms with E-state index in [4.69, 9.17) is 9.15 Å². The number of ether oxygens (including phenoxy) is 1. The number of amides is 1. The van der Waals surface area contributed by atoms with E-state index in [9.17, 15) is 4.79 Å². The fourth-order valence-electron chi connectivity index (χ4n) is 2.92. The summed E-state index contributed by atoms with van der Waals surface area (Å²) in [6.45, 7) is 2.19. The van der Waals surface area contributed by atoms with Crippen molar-refractivity contribution in [3.05, 3.63) is 65.7 Å². The molecule has 2 heterocycles. The Kier molecular flexibility index (Phi) is 4.39. The van der Waals surface area contributed by atoms with Crippen LogP contribution in [0.4, 0.5) is 5.69 Å². The van der Waals surface area contributed by atoms with Gasteiger partial charge in [-0.3, -0.25) is 4.79 Å². The molecule has 0 aliphatic rings. The van der Waals surface area contributed by atoms with Gasteiger partial charge in [-0.15, -0.1) is 5.10 Å². The first kappa shape index (κ1) is 16.9. The molecular formula is C19H17N5O3. The molecule has 136 valence electrons. The number of aryl methyl sites for hydroxylation is 1. The number of benzene rings is 2. The Bertz CT molecular complexity index is 1100. The Morgan fingerprint density at radius 3 is 2.89 bits per heavy atom. The highest BCUT2D eigenvalue weighted by molar-refractivity contribution is 6.07. The molecule has 0 fully saturated rings. The predicted octanol–water partition coefficient (Wildman–Crippen LogP) is 3.12. The maximum Gasteiger partial charge on any atom is 0.291 e. The third-order valence-corrected chi connectivity index (χ3v) is 4.28. The fraction of sp³-hybridized carbons (Fsp3) is 0.158. The van der Waals surface area contributed by atoms with Crippen LogP contribution in [0.25, 0.3) is 16.7 Å². The number of fused-ring (bicyclic) bond motifs is 1. The Morgan fingerprint density at radius 2 is 2.11 bits per heavy atom. The summed E-state index contributed by atoms with van der Waals surface area (Å²) in [6.07, 6.45) is 1.49. The van der Waals surface area contributed by atoms with Crippen molar-refractivity contribution < 1.29 is 13.9 Å². The molecule has 8 heteroatoms. The van der Waals surface area contributed by atoms with Crippen molar-refractivity contribution in [1.82, 2.24) is 20.2 Å². The molecule has 0 radical (unpaired) electrons. The highest BCUT2D eigenvalue weighted by atomic mass is 16.5. The van der Waals surface area contributed by atoms with E-state index in [-0.39, 0.29) is 18.3 Å². The summed E-state index contributed by atoms with van der Waals surface area (Å²) in [4.78, 5) is 12.9. The molecule has 1 N–H and O–H groups in total. The number of carbonyl (C=O) groups is 1. The summed E-state index contributed by atoms with van der Waals surface area (Å²) >= 11 is 0. The smallest absolute Gasteiger partial charge is 0.291 e. The second kappa shape index (κ2) is 7.00. The monoisotopic (exact) mass is 363 g/mol. The standard InChI is InChI=1S/C19H17N5O3/c1-12-7-8-13(24-11-20-22-23-24)9-16(12)21-19(25)18-15(10-26-2)14-5-3-4-6-17(14)27-18/h3-9,11H,10H2,1-2H3,(H,21,25). The highest BCUT2D eigenvalue weighted by Crippen LogP contribution is 2.28. The molecule has 0 bridgehead atoms. The number of rotatable bonds is 5. The van der Waals surface area contributed by atoms with E-state index in [1.165, 1.54) is 11.0 Å². The first-order valence-electron chi connectivity index (χ1n) is 8.32. The highest BCUT2D eigenvalue weighted by Gasteiger charge is 2.21. The van der Waals surface area contributed by atoms with Crippen LogP contribution < -0.4 is 5.32 Å². The van der Waals surface area contributed by atoms with Crippen LogP contribution in [0, 0.1) is 6.92 Å². The molecule has 27 heavy (non-hydrogen) atoms. The van der Waals surface area contributed by atoms with Crippen molar-refractivity contribution >= 4 is 22.6 Å². The van der Waals surface area contributed by atoms with E-state index in [0.717, 1.165) is 22.2 Å². The van der Waals surface area contributed by atoms with Gasteiger partial charge in [-0.1, -0.05) is 24.3 Å². The summed E-state index contributed by atoms with van der Waals surface area (Å²) in [5, 5.41) is 14.9. The maximum atomic E-state index is 12.9. The molecular weight excluding hydrogens is 346 g/mol. The molecule has 0 aliphatic heterocycles. The molecule has 0 atom stereocenters. The first-order chi connectivity index (χ1) is 13.2. The largest absolute Gasteiger partial charge is 0.451 e. The predicted molar refractivity (Wildman–Crippen MR) is 98.8 cm³/mol. The number of aromatic nitrogens is 4. The van der Waals surface area contributed by atoms with E-state index in [0.29, 0.717) is 11.3 Å². The van der Waals surface area contributed by atoms with Crippen LogP contribution in [0.2, 0.25) is 0 Å². The second-order valence-corrected chi connectivity index (χ2v) is 6.05. The van der Waals surface area contributed by atoms with Gasteiger partial charge < -0.3 is 14.5 Å². The maximum absolute atomic E-state index is 12.9. The number of hydrogen-bond donors (Lipinski definition) is 1. The lowest BCUT2D eigenvalue weighted by Gasteiger charge is -2.10. The van der Waals surface area contributed by atoms with Crippen LogP contribution in [0.5, 0.6) is 0 Å². The van der Waals surface area contributed by atoms with E-state index < -0.39 is 0 Å². The van der Waals surface area contributed by atoms with Crippen molar-refractivity contribution in [2.75, 3.05) is 12.4 Å². The van der Waals surface area contributed by atoms with Gasteiger partial charge >= 0.3 is 0 Å². The fourth-order valence-corrected chi connectivity index (χ4v) is 2.92. The van der Waals surface area contributed by atoms with Crippen molar-refractivity contribution in [3.63, 3.8) is 0 Å². The van der Waals surface area contributed by atoms with Gasteiger partial charge in [0.1, 0.15) is 11.9 Å². The lowest BCUT2D eigenvalue weighted by molar-refractivity contribution is 0.0992. The summed E-state index contributed by atoms with van der Waals surface area (Å²) in [7, 11) is 1.59. The minimum atomic E-state index is -0.338. The van der Waals surface area contributed by atoms with E-state index >= 15 is 0 Å². The minimum absolute atomic E-state index is 0.241. The number of furan rings is 1. The molecule has 8 nitrogen and oxygen atoms in total. The van der Waals surface area contributed by atoms with Gasteiger partial charge in [0.05, 0.1) is 12.3 Å². The Morgan fingerprint density at radius 1 is 1.26 bits per heavy atom. The van der Waals surface area contributed by atoms with Crippen molar-refractivity contribution in [2.24, 2.45) is 0 Å². The molecule has 0 saturated carbocycles. The van der Waals surface area contributed by atoms with Gasteiger partial charge in [-0.25, -0.2) is 4.68 Å². The van der Waals surface area contributed by atoms with E-state index in [1.54, 1.807) is 7.11 Å². The first-order valence-corrected chi connectivity index (χ1v) is 8.32. The zero-order valence-corrected chi connectivity index (χ0v) is 14.8. The number of para-hydroxylation sites is 1. The molecule has 4 rings (SSSR count). The quantitative estimate of drug-likeness (QED) is 0.585. The minimum Gasteiger partial charge on any atom is -0.451 e.